The number of hydrogen-bond acceptors (Lipinski definition) is 6. The highest BCUT2D eigenvalue weighted by atomic mass is 16.6. The van der Waals surface area contributed by atoms with Gasteiger partial charge in [-0.1, -0.05) is 5.11 Å². The van der Waals surface area contributed by atoms with Crippen LogP contribution in [0.1, 0.15) is 6.42 Å². The average molecular weight is 279 g/mol. The lowest BCUT2D eigenvalue weighted by molar-refractivity contribution is -0.384. The number of ether oxygens (including phenoxy) is 1. The molecule has 3 heterocycles. The molecule has 2 saturated heterocycles. The third-order valence-electron chi connectivity index (χ3n) is 3.71. The lowest BCUT2D eigenvalue weighted by atomic mass is 10.1. The van der Waals surface area contributed by atoms with Crippen LogP contribution in [0.25, 0.3) is 10.4 Å². The fraction of sp³-hybridized carbons (Fsp3) is 0.700. The maximum atomic E-state index is 11.1. The molecule has 1 aromatic rings. The summed E-state index contributed by atoms with van der Waals surface area (Å²) in [5.41, 5.74) is 8.52. The zero-order chi connectivity index (χ0) is 14.3. The Labute approximate surface area is 113 Å². The standard InChI is InChI=1S/C10H13N7O3/c1-15-10(8(3-12-15)17(18)19)16-4-6-2-7(13-14-11)9(5-16)20-6/h3,6-7,9H,2,4-5H2,1H3/t6-,7+,9-/m1/s1. The third-order valence-corrected chi connectivity index (χ3v) is 3.71. The molecule has 106 valence electrons. The quantitative estimate of drug-likeness (QED) is 0.268. The fourth-order valence-electron chi connectivity index (χ4n) is 2.91. The Kier molecular flexibility index (Phi) is 2.96. The Morgan fingerprint density at radius 1 is 1.65 bits per heavy atom. The summed E-state index contributed by atoms with van der Waals surface area (Å²) in [7, 11) is 1.67. The van der Waals surface area contributed by atoms with E-state index in [9.17, 15) is 10.1 Å². The summed E-state index contributed by atoms with van der Waals surface area (Å²) in [4.78, 5) is 15.3. The summed E-state index contributed by atoms with van der Waals surface area (Å²) >= 11 is 0. The summed E-state index contributed by atoms with van der Waals surface area (Å²) in [5, 5.41) is 18.7. The van der Waals surface area contributed by atoms with Crippen molar-refractivity contribution in [3.8, 4) is 0 Å². The second-order valence-corrected chi connectivity index (χ2v) is 4.94. The molecule has 2 aliphatic heterocycles. The van der Waals surface area contributed by atoms with E-state index in [1.807, 2.05) is 4.90 Å². The number of azide groups is 1. The molecule has 2 bridgehead atoms. The van der Waals surface area contributed by atoms with Gasteiger partial charge in [0.25, 0.3) is 0 Å². The molecule has 3 rings (SSSR count). The van der Waals surface area contributed by atoms with Crippen LogP contribution in [0.5, 0.6) is 0 Å². The summed E-state index contributed by atoms with van der Waals surface area (Å²) in [6.45, 7) is 0.995. The molecule has 0 unspecified atom stereocenters. The predicted octanol–water partition coefficient (Wildman–Crippen LogP) is 0.985. The lowest BCUT2D eigenvalue weighted by Crippen LogP contribution is -2.45. The van der Waals surface area contributed by atoms with Crippen molar-refractivity contribution in [1.29, 1.82) is 0 Å². The Morgan fingerprint density at radius 2 is 2.45 bits per heavy atom. The number of rotatable bonds is 3. The van der Waals surface area contributed by atoms with Gasteiger partial charge < -0.3 is 9.64 Å². The van der Waals surface area contributed by atoms with Crippen LogP contribution in [0.15, 0.2) is 11.3 Å². The Hall–Kier alpha value is -2.32. The van der Waals surface area contributed by atoms with Gasteiger partial charge >= 0.3 is 5.69 Å². The van der Waals surface area contributed by atoms with Crippen molar-refractivity contribution in [2.24, 2.45) is 12.2 Å². The zero-order valence-corrected chi connectivity index (χ0v) is 10.8. The summed E-state index contributed by atoms with van der Waals surface area (Å²) < 4.78 is 7.22. The Bertz CT molecular complexity index is 594. The van der Waals surface area contributed by atoms with E-state index in [1.165, 1.54) is 10.9 Å². The smallest absolute Gasteiger partial charge is 0.331 e. The lowest BCUT2D eigenvalue weighted by Gasteiger charge is -2.33. The molecule has 0 aliphatic carbocycles. The minimum atomic E-state index is -0.440. The second kappa shape index (κ2) is 4.66. The number of aromatic nitrogens is 2. The number of fused-ring (bicyclic) bond motifs is 2. The van der Waals surface area contributed by atoms with Gasteiger partial charge in [-0.2, -0.15) is 5.10 Å². The molecule has 0 saturated carbocycles. The van der Waals surface area contributed by atoms with Crippen LogP contribution in [0.3, 0.4) is 0 Å². The molecule has 20 heavy (non-hydrogen) atoms. The first-order valence-corrected chi connectivity index (χ1v) is 6.21. The number of morpholine rings is 1. The molecule has 0 N–H and O–H groups in total. The molecule has 0 spiro atoms. The maximum Gasteiger partial charge on any atom is 0.331 e. The number of aryl methyl sites for hydroxylation is 1. The molecule has 2 aliphatic rings. The van der Waals surface area contributed by atoms with E-state index >= 15 is 0 Å². The number of anilines is 1. The van der Waals surface area contributed by atoms with Gasteiger partial charge in [0, 0.05) is 25.0 Å². The number of nitro groups is 1. The van der Waals surface area contributed by atoms with Crippen molar-refractivity contribution >= 4 is 11.5 Å². The van der Waals surface area contributed by atoms with Crippen LogP contribution in [0, 0.1) is 10.1 Å². The van der Waals surface area contributed by atoms with Gasteiger partial charge in [0.1, 0.15) is 6.20 Å². The van der Waals surface area contributed by atoms with Crippen molar-refractivity contribution < 1.29 is 9.66 Å². The second-order valence-electron chi connectivity index (χ2n) is 4.94. The molecule has 10 nitrogen and oxygen atoms in total. The summed E-state index contributed by atoms with van der Waals surface area (Å²) in [6.07, 6.45) is 1.60. The van der Waals surface area contributed by atoms with Gasteiger partial charge in [0.15, 0.2) is 0 Å². The van der Waals surface area contributed by atoms with Gasteiger partial charge in [-0.05, 0) is 12.0 Å². The molecule has 0 radical (unpaired) electrons. The highest BCUT2D eigenvalue weighted by Gasteiger charge is 2.43. The van der Waals surface area contributed by atoms with Crippen LogP contribution >= 0.6 is 0 Å². The van der Waals surface area contributed by atoms with Gasteiger partial charge in [-0.15, -0.1) is 0 Å². The molecule has 0 aromatic carbocycles. The summed E-state index contributed by atoms with van der Waals surface area (Å²) in [6, 6.07) is -0.206. The molecule has 0 amide bonds. The Morgan fingerprint density at radius 3 is 3.15 bits per heavy atom. The van der Waals surface area contributed by atoms with Crippen LogP contribution in [-0.4, -0.2) is 46.0 Å². The van der Waals surface area contributed by atoms with Crippen LogP contribution in [0.4, 0.5) is 11.5 Å². The van der Waals surface area contributed by atoms with Crippen LogP contribution in [-0.2, 0) is 11.8 Å². The number of hydrogen-bond donors (Lipinski definition) is 0. The van der Waals surface area contributed by atoms with E-state index in [0.29, 0.717) is 25.3 Å². The van der Waals surface area contributed by atoms with E-state index < -0.39 is 4.92 Å². The van der Waals surface area contributed by atoms with Crippen molar-refractivity contribution in [3.63, 3.8) is 0 Å². The fourth-order valence-corrected chi connectivity index (χ4v) is 2.91. The third kappa shape index (κ3) is 1.95. The first-order valence-electron chi connectivity index (χ1n) is 6.21. The monoisotopic (exact) mass is 279 g/mol. The molecule has 3 atom stereocenters. The summed E-state index contributed by atoms with van der Waals surface area (Å²) in [5.74, 6) is 0.467. The van der Waals surface area contributed by atoms with E-state index in [-0.39, 0.29) is 23.9 Å². The molecule has 10 heteroatoms. The van der Waals surface area contributed by atoms with Gasteiger partial charge in [0.2, 0.25) is 5.82 Å². The highest BCUT2D eigenvalue weighted by Crippen LogP contribution is 2.35. The first kappa shape index (κ1) is 12.7. The average Bonchev–Trinajstić information content (AvgIpc) is 2.91. The van der Waals surface area contributed by atoms with E-state index in [1.54, 1.807) is 7.05 Å². The van der Waals surface area contributed by atoms with Gasteiger partial charge in [-0.3, -0.25) is 10.1 Å². The minimum Gasteiger partial charge on any atom is -0.371 e. The van der Waals surface area contributed by atoms with E-state index in [0.717, 1.165) is 0 Å². The van der Waals surface area contributed by atoms with E-state index in [2.05, 4.69) is 15.1 Å². The molecular weight excluding hydrogens is 266 g/mol. The van der Waals surface area contributed by atoms with Crippen molar-refractivity contribution in [2.45, 2.75) is 24.7 Å². The zero-order valence-electron chi connectivity index (χ0n) is 10.8. The van der Waals surface area contributed by atoms with E-state index in [4.69, 9.17) is 10.3 Å². The SMILES string of the molecule is Cn1ncc([N+](=O)[O-])c1N1C[C@H]2C[C@H](N=[N+]=[N-])[C@@H](C1)O2. The predicted molar refractivity (Wildman–Crippen MR) is 68.3 cm³/mol. The van der Waals surface area contributed by atoms with Gasteiger partial charge in [-0.25, -0.2) is 4.68 Å². The maximum absolute atomic E-state index is 11.1. The highest BCUT2D eigenvalue weighted by molar-refractivity contribution is 5.58. The van der Waals surface area contributed by atoms with Crippen LogP contribution in [0.2, 0.25) is 0 Å². The van der Waals surface area contributed by atoms with Crippen molar-refractivity contribution in [3.05, 3.63) is 26.8 Å². The largest absolute Gasteiger partial charge is 0.371 e. The Balaban J connectivity index is 1.89. The van der Waals surface area contributed by atoms with Crippen LogP contribution < -0.4 is 4.90 Å². The minimum absolute atomic E-state index is 0.0193. The normalized spacial score (nSPS) is 28.2. The topological polar surface area (TPSA) is 122 Å². The van der Waals surface area contributed by atoms with Crippen molar-refractivity contribution in [1.82, 2.24) is 9.78 Å². The van der Waals surface area contributed by atoms with Crippen molar-refractivity contribution in [2.75, 3.05) is 18.0 Å². The van der Waals surface area contributed by atoms with Gasteiger partial charge in [0.05, 0.1) is 23.2 Å². The first-order chi connectivity index (χ1) is 9.60. The molecule has 1 aromatic heterocycles. The number of nitrogens with zero attached hydrogens (tertiary/aromatic N) is 7. The molecular formula is C10H13N7O3. The molecule has 2 fully saturated rings.